The van der Waals surface area contributed by atoms with E-state index in [1.165, 1.54) is 12.8 Å². The summed E-state index contributed by atoms with van der Waals surface area (Å²) in [5, 5.41) is 0. The topological polar surface area (TPSA) is 29.5 Å². The number of piperidine rings is 1. The van der Waals surface area contributed by atoms with Gasteiger partial charge in [0.2, 0.25) is 0 Å². The van der Waals surface area contributed by atoms with Crippen LogP contribution in [0.15, 0.2) is 24.3 Å². The maximum absolute atomic E-state index is 11.8. The standard InChI is InChI=1S/C14H17NO2/c1-10-5-4-8-15(9-10)13-11-6-2-3-7-12(11)14(16)17-13/h2-3,6-7,10,13H,4-5,8-9H2,1H3/t10-,13+/m0/s1. The molecule has 2 heterocycles. The molecule has 0 aliphatic carbocycles. The second-order valence-corrected chi connectivity index (χ2v) is 5.09. The molecule has 0 saturated carbocycles. The fraction of sp³-hybridized carbons (Fsp3) is 0.500. The van der Waals surface area contributed by atoms with Crippen LogP contribution in [0.2, 0.25) is 0 Å². The quantitative estimate of drug-likeness (QED) is 0.696. The SMILES string of the molecule is C[C@H]1CCCN([C@@H]2OC(=O)c3ccccc32)C1. The first-order chi connectivity index (χ1) is 8.25. The van der Waals surface area contributed by atoms with Crippen molar-refractivity contribution in [1.82, 2.24) is 4.90 Å². The Kier molecular flexibility index (Phi) is 2.63. The van der Waals surface area contributed by atoms with Crippen molar-refractivity contribution >= 4 is 5.97 Å². The molecule has 3 heteroatoms. The first kappa shape index (κ1) is 10.8. The molecule has 1 aromatic rings. The lowest BCUT2D eigenvalue weighted by molar-refractivity contribution is -0.0377. The molecule has 3 rings (SSSR count). The molecule has 0 spiro atoms. The van der Waals surface area contributed by atoms with Gasteiger partial charge in [-0.05, 0) is 24.8 Å². The van der Waals surface area contributed by atoms with Crippen LogP contribution in [-0.4, -0.2) is 24.0 Å². The van der Waals surface area contributed by atoms with E-state index in [1.807, 2.05) is 24.3 Å². The van der Waals surface area contributed by atoms with Gasteiger partial charge in [0.25, 0.3) is 0 Å². The highest BCUT2D eigenvalue weighted by molar-refractivity contribution is 5.93. The van der Waals surface area contributed by atoms with Gasteiger partial charge < -0.3 is 4.74 Å². The summed E-state index contributed by atoms with van der Waals surface area (Å²) in [6, 6.07) is 7.72. The molecule has 3 nitrogen and oxygen atoms in total. The summed E-state index contributed by atoms with van der Waals surface area (Å²) in [5.74, 6) is 0.513. The highest BCUT2D eigenvalue weighted by atomic mass is 16.6. The third kappa shape index (κ3) is 1.84. The van der Waals surface area contributed by atoms with E-state index in [9.17, 15) is 4.79 Å². The minimum Gasteiger partial charge on any atom is -0.438 e. The Morgan fingerprint density at radius 1 is 1.35 bits per heavy atom. The second-order valence-electron chi connectivity index (χ2n) is 5.09. The van der Waals surface area contributed by atoms with E-state index in [0.29, 0.717) is 5.92 Å². The van der Waals surface area contributed by atoms with Crippen LogP contribution in [0.4, 0.5) is 0 Å². The van der Waals surface area contributed by atoms with Crippen molar-refractivity contribution in [3.8, 4) is 0 Å². The Morgan fingerprint density at radius 3 is 3.00 bits per heavy atom. The van der Waals surface area contributed by atoms with Crippen molar-refractivity contribution in [3.05, 3.63) is 35.4 Å². The molecule has 2 aliphatic rings. The smallest absolute Gasteiger partial charge is 0.340 e. The zero-order valence-electron chi connectivity index (χ0n) is 10.1. The molecule has 2 atom stereocenters. The first-order valence-corrected chi connectivity index (χ1v) is 6.29. The van der Waals surface area contributed by atoms with Crippen LogP contribution in [0.1, 0.15) is 41.9 Å². The molecule has 17 heavy (non-hydrogen) atoms. The molecular weight excluding hydrogens is 214 g/mol. The first-order valence-electron chi connectivity index (χ1n) is 6.29. The molecule has 0 bridgehead atoms. The van der Waals surface area contributed by atoms with Crippen LogP contribution < -0.4 is 0 Å². The Balaban J connectivity index is 1.88. The van der Waals surface area contributed by atoms with Gasteiger partial charge in [0.15, 0.2) is 6.23 Å². The van der Waals surface area contributed by atoms with Crippen molar-refractivity contribution in [1.29, 1.82) is 0 Å². The van der Waals surface area contributed by atoms with Gasteiger partial charge in [-0.3, -0.25) is 4.90 Å². The summed E-state index contributed by atoms with van der Waals surface area (Å²) in [4.78, 5) is 14.0. The van der Waals surface area contributed by atoms with Gasteiger partial charge in [0.1, 0.15) is 0 Å². The highest BCUT2D eigenvalue weighted by Gasteiger charge is 2.36. The predicted molar refractivity (Wildman–Crippen MR) is 64.6 cm³/mol. The van der Waals surface area contributed by atoms with Gasteiger partial charge in [0.05, 0.1) is 5.56 Å². The van der Waals surface area contributed by atoms with E-state index in [1.54, 1.807) is 0 Å². The van der Waals surface area contributed by atoms with Gasteiger partial charge in [-0.1, -0.05) is 25.1 Å². The summed E-state index contributed by atoms with van der Waals surface area (Å²) in [6.07, 6.45) is 2.32. The van der Waals surface area contributed by atoms with E-state index >= 15 is 0 Å². The van der Waals surface area contributed by atoms with Crippen LogP contribution in [0.25, 0.3) is 0 Å². The summed E-state index contributed by atoms with van der Waals surface area (Å²) in [6.45, 7) is 4.30. The molecule has 0 radical (unpaired) electrons. The van der Waals surface area contributed by atoms with E-state index in [-0.39, 0.29) is 12.2 Å². The Bertz CT molecular complexity index is 444. The molecule has 1 aromatic carbocycles. The molecule has 0 N–H and O–H groups in total. The van der Waals surface area contributed by atoms with E-state index in [4.69, 9.17) is 4.74 Å². The van der Waals surface area contributed by atoms with Crippen LogP contribution in [0, 0.1) is 5.92 Å². The summed E-state index contributed by atoms with van der Waals surface area (Å²) >= 11 is 0. The Morgan fingerprint density at radius 2 is 2.18 bits per heavy atom. The minimum atomic E-state index is -0.177. The average molecular weight is 231 g/mol. The molecule has 0 amide bonds. The minimum absolute atomic E-state index is 0.151. The monoisotopic (exact) mass is 231 g/mol. The number of nitrogens with zero attached hydrogens (tertiary/aromatic N) is 1. The lowest BCUT2D eigenvalue weighted by Crippen LogP contribution is -2.37. The number of cyclic esters (lactones) is 1. The second kappa shape index (κ2) is 4.15. The summed E-state index contributed by atoms with van der Waals surface area (Å²) in [7, 11) is 0. The van der Waals surface area contributed by atoms with E-state index in [2.05, 4.69) is 11.8 Å². The lowest BCUT2D eigenvalue weighted by Gasteiger charge is -2.34. The average Bonchev–Trinajstić information content (AvgIpc) is 2.68. The summed E-state index contributed by atoms with van der Waals surface area (Å²) < 4.78 is 5.51. The molecule has 1 fully saturated rings. The highest BCUT2D eigenvalue weighted by Crippen LogP contribution is 2.35. The number of hydrogen-bond acceptors (Lipinski definition) is 3. The maximum Gasteiger partial charge on any atom is 0.340 e. The number of hydrogen-bond donors (Lipinski definition) is 0. The zero-order chi connectivity index (χ0) is 11.8. The number of likely N-dealkylation sites (tertiary alicyclic amines) is 1. The van der Waals surface area contributed by atoms with Crippen molar-refractivity contribution < 1.29 is 9.53 Å². The van der Waals surface area contributed by atoms with Gasteiger partial charge in [-0.25, -0.2) is 4.79 Å². The Hall–Kier alpha value is -1.35. The van der Waals surface area contributed by atoms with Gasteiger partial charge in [-0.2, -0.15) is 0 Å². The number of carbonyl (C=O) groups is 1. The van der Waals surface area contributed by atoms with Crippen LogP contribution in [-0.2, 0) is 4.74 Å². The van der Waals surface area contributed by atoms with Crippen LogP contribution >= 0.6 is 0 Å². The fourth-order valence-corrected chi connectivity index (χ4v) is 2.84. The van der Waals surface area contributed by atoms with Gasteiger partial charge in [0, 0.05) is 18.7 Å². The number of fused-ring (bicyclic) bond motifs is 1. The van der Waals surface area contributed by atoms with Crippen molar-refractivity contribution in [3.63, 3.8) is 0 Å². The van der Waals surface area contributed by atoms with Crippen LogP contribution in [0.5, 0.6) is 0 Å². The molecular formula is C14H17NO2. The predicted octanol–water partition coefficient (Wildman–Crippen LogP) is 2.59. The van der Waals surface area contributed by atoms with Gasteiger partial charge in [-0.15, -0.1) is 0 Å². The number of ether oxygens (including phenoxy) is 1. The molecule has 0 aromatic heterocycles. The molecule has 1 saturated heterocycles. The number of rotatable bonds is 1. The van der Waals surface area contributed by atoms with Crippen LogP contribution in [0.3, 0.4) is 0 Å². The Labute approximate surface area is 101 Å². The number of benzene rings is 1. The zero-order valence-corrected chi connectivity index (χ0v) is 10.1. The van der Waals surface area contributed by atoms with Crippen molar-refractivity contribution in [2.24, 2.45) is 5.92 Å². The maximum atomic E-state index is 11.8. The van der Waals surface area contributed by atoms with E-state index in [0.717, 1.165) is 24.2 Å². The molecule has 90 valence electrons. The third-order valence-corrected chi connectivity index (χ3v) is 3.69. The summed E-state index contributed by atoms with van der Waals surface area (Å²) in [5.41, 5.74) is 1.77. The normalized spacial score (nSPS) is 28.9. The number of carbonyl (C=O) groups excluding carboxylic acids is 1. The largest absolute Gasteiger partial charge is 0.438 e. The van der Waals surface area contributed by atoms with Crippen molar-refractivity contribution in [2.45, 2.75) is 26.0 Å². The fourth-order valence-electron chi connectivity index (χ4n) is 2.84. The van der Waals surface area contributed by atoms with Crippen molar-refractivity contribution in [2.75, 3.05) is 13.1 Å². The molecule has 0 unspecified atom stereocenters. The number of esters is 1. The third-order valence-electron chi connectivity index (χ3n) is 3.69. The molecule has 2 aliphatic heterocycles. The van der Waals surface area contributed by atoms with Gasteiger partial charge >= 0.3 is 5.97 Å². The lowest BCUT2D eigenvalue weighted by atomic mass is 9.99. The van der Waals surface area contributed by atoms with E-state index < -0.39 is 0 Å².